The van der Waals surface area contributed by atoms with Crippen LogP contribution in [0.3, 0.4) is 0 Å². The third-order valence-electron chi connectivity index (χ3n) is 7.85. The Balaban J connectivity index is 1.01. The van der Waals surface area contributed by atoms with Crippen LogP contribution < -0.4 is 15.5 Å². The van der Waals surface area contributed by atoms with Crippen LogP contribution in [-0.2, 0) is 14.4 Å². The zero-order chi connectivity index (χ0) is 34.6. The molecule has 11 heteroatoms. The molecule has 2 N–H and O–H groups in total. The second-order valence-electron chi connectivity index (χ2n) is 11.3. The lowest BCUT2D eigenvalue weighted by atomic mass is 10.1. The molecule has 2 heterocycles. The van der Waals surface area contributed by atoms with E-state index < -0.39 is 17.1 Å². The first kappa shape index (κ1) is 32.6. The minimum Gasteiger partial charge on any atom is -0.436 e. The molecule has 1 atom stereocenters. The molecular formula is C39H27ClN4O5S. The molecule has 246 valence electrons. The molecule has 6 aromatic rings. The van der Waals surface area contributed by atoms with Gasteiger partial charge in [-0.2, -0.15) is 0 Å². The highest BCUT2D eigenvalue weighted by Gasteiger charge is 2.40. The second-order valence-corrected chi connectivity index (χ2v) is 13.0. The summed E-state index contributed by atoms with van der Waals surface area (Å²) in [7, 11) is 0. The quantitative estimate of drug-likeness (QED) is 0.116. The van der Waals surface area contributed by atoms with Crippen molar-refractivity contribution < 1.29 is 23.6 Å². The fourth-order valence-electron chi connectivity index (χ4n) is 5.40. The number of nitrogens with one attached hydrogen (secondary N) is 2. The van der Waals surface area contributed by atoms with Gasteiger partial charge in [-0.15, -0.1) is 11.8 Å². The average Bonchev–Trinajstić information content (AvgIpc) is 3.69. The Morgan fingerprint density at radius 2 is 1.60 bits per heavy atom. The van der Waals surface area contributed by atoms with E-state index in [9.17, 15) is 19.2 Å². The molecular weight excluding hydrogens is 672 g/mol. The zero-order valence-corrected chi connectivity index (χ0v) is 27.8. The number of rotatable bonds is 9. The summed E-state index contributed by atoms with van der Waals surface area (Å²) < 4.78 is 5.84. The zero-order valence-electron chi connectivity index (χ0n) is 26.2. The van der Waals surface area contributed by atoms with Gasteiger partial charge in [-0.25, -0.2) is 9.88 Å². The van der Waals surface area contributed by atoms with Gasteiger partial charge >= 0.3 is 0 Å². The number of anilines is 2. The predicted molar refractivity (Wildman–Crippen MR) is 195 cm³/mol. The van der Waals surface area contributed by atoms with Crippen LogP contribution in [0, 0.1) is 0 Å². The van der Waals surface area contributed by atoms with Crippen molar-refractivity contribution in [1.29, 1.82) is 0 Å². The van der Waals surface area contributed by atoms with E-state index in [0.717, 1.165) is 16.0 Å². The van der Waals surface area contributed by atoms with Crippen molar-refractivity contribution in [2.24, 2.45) is 0 Å². The summed E-state index contributed by atoms with van der Waals surface area (Å²) in [6.07, 6.45) is 1.59. The van der Waals surface area contributed by atoms with Gasteiger partial charge in [-0.3, -0.25) is 19.2 Å². The molecule has 0 saturated carbocycles. The lowest BCUT2D eigenvalue weighted by Gasteiger charge is -2.15. The van der Waals surface area contributed by atoms with Crippen molar-refractivity contribution in [2.45, 2.75) is 16.6 Å². The summed E-state index contributed by atoms with van der Waals surface area (Å²) in [5, 5.41) is 5.40. The van der Waals surface area contributed by atoms with Crippen molar-refractivity contribution in [1.82, 2.24) is 10.3 Å². The normalized spacial score (nSPS) is 14.6. The summed E-state index contributed by atoms with van der Waals surface area (Å²) in [4.78, 5) is 59.2. The van der Waals surface area contributed by atoms with Gasteiger partial charge in [0.25, 0.3) is 11.8 Å². The van der Waals surface area contributed by atoms with Crippen molar-refractivity contribution in [3.05, 3.63) is 149 Å². The number of hydrogen-bond acceptors (Lipinski definition) is 7. The van der Waals surface area contributed by atoms with Crippen LogP contribution in [0.25, 0.3) is 28.6 Å². The van der Waals surface area contributed by atoms with Gasteiger partial charge in [0.05, 0.1) is 10.9 Å². The first-order valence-corrected chi connectivity index (χ1v) is 16.8. The van der Waals surface area contributed by atoms with E-state index in [0.29, 0.717) is 39.0 Å². The summed E-state index contributed by atoms with van der Waals surface area (Å²) in [5.41, 5.74) is 4.15. The predicted octanol–water partition coefficient (Wildman–Crippen LogP) is 7.98. The lowest BCUT2D eigenvalue weighted by Crippen LogP contribution is -2.31. The number of fused-ring (bicyclic) bond motifs is 1. The SMILES string of the molecule is O=C(Nc1ccc(SC2CC(=O)N(c3ccc(-c4nc5ccccc5o4)cc3)C2=O)cc1)/C(=C/c1cccc(Cl)c1)NC(=O)c1ccccc1. The molecule has 7 rings (SSSR count). The van der Waals surface area contributed by atoms with Gasteiger partial charge in [0.15, 0.2) is 5.58 Å². The number of carbonyl (C=O) groups excluding carboxylic acids is 4. The van der Waals surface area contributed by atoms with E-state index >= 15 is 0 Å². The van der Waals surface area contributed by atoms with Gasteiger partial charge in [0.2, 0.25) is 17.7 Å². The number of hydrogen-bond donors (Lipinski definition) is 2. The molecule has 1 fully saturated rings. The standard InChI is InChI=1S/C39H27ClN4O5S/c40-27-10-6-7-24(21-27)22-32(42-36(46)25-8-2-1-3-9-25)37(47)41-28-15-19-30(20-16-28)50-34-23-35(45)44(39(34)48)29-17-13-26(14-18-29)38-43-31-11-4-5-12-33(31)49-38/h1-22,34H,23H2,(H,41,47)(H,42,46)/b32-22-. The smallest absolute Gasteiger partial charge is 0.272 e. The lowest BCUT2D eigenvalue weighted by molar-refractivity contribution is -0.121. The van der Waals surface area contributed by atoms with E-state index in [1.807, 2.05) is 24.3 Å². The number of carbonyl (C=O) groups is 4. The largest absolute Gasteiger partial charge is 0.436 e. The minimum atomic E-state index is -0.611. The summed E-state index contributed by atoms with van der Waals surface area (Å²) in [5.74, 6) is -1.12. The number of thioether (sulfide) groups is 1. The molecule has 0 bridgehead atoms. The highest BCUT2D eigenvalue weighted by Crippen LogP contribution is 2.35. The fourth-order valence-corrected chi connectivity index (χ4v) is 6.65. The number of benzene rings is 5. The molecule has 5 aromatic carbocycles. The van der Waals surface area contributed by atoms with Crippen molar-refractivity contribution in [3.8, 4) is 11.5 Å². The van der Waals surface area contributed by atoms with Crippen LogP contribution in [0.2, 0.25) is 5.02 Å². The Morgan fingerprint density at radius 1 is 0.860 bits per heavy atom. The Morgan fingerprint density at radius 3 is 2.34 bits per heavy atom. The third-order valence-corrected chi connectivity index (χ3v) is 9.28. The summed E-state index contributed by atoms with van der Waals surface area (Å²) in [6, 6.07) is 36.8. The maximum Gasteiger partial charge on any atom is 0.272 e. The Labute approximate surface area is 296 Å². The summed E-state index contributed by atoms with van der Waals surface area (Å²) in [6.45, 7) is 0. The Hall–Kier alpha value is -5.97. The molecule has 4 amide bonds. The number of nitrogens with zero attached hydrogens (tertiary/aromatic N) is 2. The number of halogens is 1. The average molecular weight is 699 g/mol. The maximum atomic E-state index is 13.4. The van der Waals surface area contributed by atoms with Crippen LogP contribution in [-0.4, -0.2) is 33.9 Å². The number of imide groups is 1. The first-order valence-electron chi connectivity index (χ1n) is 15.6. The van der Waals surface area contributed by atoms with E-state index in [2.05, 4.69) is 15.6 Å². The van der Waals surface area contributed by atoms with Crippen LogP contribution >= 0.6 is 23.4 Å². The monoisotopic (exact) mass is 698 g/mol. The molecule has 1 saturated heterocycles. The Bertz CT molecular complexity index is 2240. The minimum absolute atomic E-state index is 0.0246. The van der Waals surface area contributed by atoms with E-state index in [4.69, 9.17) is 16.0 Å². The van der Waals surface area contributed by atoms with Gasteiger partial charge in [0.1, 0.15) is 11.2 Å². The fraction of sp³-hybridized carbons (Fsp3) is 0.0513. The van der Waals surface area contributed by atoms with E-state index in [-0.39, 0.29) is 23.9 Å². The highest BCUT2D eigenvalue weighted by atomic mass is 35.5. The van der Waals surface area contributed by atoms with Gasteiger partial charge in [0, 0.05) is 33.2 Å². The molecule has 9 nitrogen and oxygen atoms in total. The molecule has 1 aliphatic heterocycles. The molecule has 0 radical (unpaired) electrons. The first-order chi connectivity index (χ1) is 24.3. The van der Waals surface area contributed by atoms with E-state index in [1.54, 1.807) is 109 Å². The molecule has 1 aliphatic rings. The van der Waals surface area contributed by atoms with Crippen LogP contribution in [0.5, 0.6) is 0 Å². The van der Waals surface area contributed by atoms with Crippen molar-refractivity contribution in [2.75, 3.05) is 10.2 Å². The van der Waals surface area contributed by atoms with Gasteiger partial charge in [-0.05, 0) is 96.6 Å². The number of oxazole rings is 1. The second kappa shape index (κ2) is 14.3. The van der Waals surface area contributed by atoms with E-state index in [1.165, 1.54) is 16.7 Å². The third kappa shape index (κ3) is 7.21. The van der Waals surface area contributed by atoms with Crippen LogP contribution in [0.4, 0.5) is 11.4 Å². The van der Waals surface area contributed by atoms with Gasteiger partial charge in [-0.1, -0.05) is 54.1 Å². The maximum absolute atomic E-state index is 13.4. The summed E-state index contributed by atoms with van der Waals surface area (Å²) >= 11 is 7.42. The van der Waals surface area contributed by atoms with Crippen LogP contribution in [0.1, 0.15) is 22.3 Å². The highest BCUT2D eigenvalue weighted by molar-refractivity contribution is 8.00. The molecule has 50 heavy (non-hydrogen) atoms. The topological polar surface area (TPSA) is 122 Å². The molecule has 0 spiro atoms. The van der Waals surface area contributed by atoms with Crippen molar-refractivity contribution >= 4 is 75.5 Å². The molecule has 1 unspecified atom stereocenters. The molecule has 0 aliphatic carbocycles. The van der Waals surface area contributed by atoms with Crippen LogP contribution in [0.15, 0.2) is 142 Å². The number of amides is 4. The molecule has 1 aromatic heterocycles. The number of aromatic nitrogens is 1. The Kier molecular flexibility index (Phi) is 9.28. The van der Waals surface area contributed by atoms with Gasteiger partial charge < -0.3 is 15.1 Å². The number of para-hydroxylation sites is 2. The van der Waals surface area contributed by atoms with Crippen molar-refractivity contribution in [3.63, 3.8) is 0 Å².